The van der Waals surface area contributed by atoms with E-state index in [-0.39, 0.29) is 17.7 Å². The monoisotopic (exact) mass is 387 g/mol. The van der Waals surface area contributed by atoms with Gasteiger partial charge in [-0.05, 0) is 61.3 Å². The van der Waals surface area contributed by atoms with Crippen LogP contribution in [-0.2, 0) is 32.8 Å². The molecule has 3 heterocycles. The van der Waals surface area contributed by atoms with E-state index in [2.05, 4.69) is 6.07 Å². The third-order valence-corrected chi connectivity index (χ3v) is 7.59. The van der Waals surface area contributed by atoms with E-state index in [1.54, 1.807) is 0 Å². The van der Waals surface area contributed by atoms with Crippen molar-refractivity contribution in [2.45, 2.75) is 62.6 Å². The highest BCUT2D eigenvalue weighted by Crippen LogP contribution is 2.64. The van der Waals surface area contributed by atoms with E-state index in [1.807, 2.05) is 42.5 Å². The largest absolute Gasteiger partial charge is 0.343 e. The Morgan fingerprint density at radius 3 is 2.55 bits per heavy atom. The fraction of sp³-hybridized carbons (Fsp3) is 0.440. The van der Waals surface area contributed by atoms with E-state index in [0.717, 1.165) is 49.8 Å². The van der Waals surface area contributed by atoms with Gasteiger partial charge >= 0.3 is 0 Å². The minimum atomic E-state index is -1.02. The van der Waals surface area contributed by atoms with Gasteiger partial charge in [0.15, 0.2) is 11.2 Å². The second-order valence-electron chi connectivity index (χ2n) is 8.96. The number of carbonyl (C=O) groups excluding carboxylic acids is 2. The Kier molecular flexibility index (Phi) is 3.61. The first kappa shape index (κ1) is 17.4. The number of fused-ring (bicyclic) bond motifs is 3. The average molecular weight is 387 g/mol. The zero-order chi connectivity index (χ0) is 19.6. The molecule has 3 saturated heterocycles. The summed E-state index contributed by atoms with van der Waals surface area (Å²) in [5.74, 6) is -0.382. The van der Waals surface area contributed by atoms with Gasteiger partial charge in [-0.15, -0.1) is 0 Å². The molecule has 2 amide bonds. The maximum atomic E-state index is 14.0. The molecule has 5 aliphatic rings. The highest BCUT2D eigenvalue weighted by atomic mass is 16.6. The van der Waals surface area contributed by atoms with Crippen LogP contribution in [0.2, 0.25) is 0 Å². The van der Waals surface area contributed by atoms with Gasteiger partial charge in [0.25, 0.3) is 11.8 Å². The van der Waals surface area contributed by atoms with Gasteiger partial charge in [-0.3, -0.25) is 9.59 Å². The number of anilines is 1. The van der Waals surface area contributed by atoms with Gasteiger partial charge in [0, 0.05) is 5.92 Å². The molecule has 2 aromatic carbocycles. The summed E-state index contributed by atoms with van der Waals surface area (Å²) in [5, 5.41) is 0. The molecule has 29 heavy (non-hydrogen) atoms. The topological polar surface area (TPSA) is 46.6 Å². The highest BCUT2D eigenvalue weighted by molar-refractivity contribution is 6.25. The van der Waals surface area contributed by atoms with Gasteiger partial charge in [0.1, 0.15) is 0 Å². The summed E-state index contributed by atoms with van der Waals surface area (Å²) in [4.78, 5) is 29.3. The molecule has 4 fully saturated rings. The molecule has 7 rings (SSSR count). The maximum absolute atomic E-state index is 14.0. The van der Waals surface area contributed by atoms with Crippen LogP contribution in [0, 0.1) is 5.92 Å². The minimum Gasteiger partial charge on any atom is -0.343 e. The quantitative estimate of drug-likeness (QED) is 0.722. The van der Waals surface area contributed by atoms with Crippen molar-refractivity contribution in [3.05, 3.63) is 65.2 Å². The van der Waals surface area contributed by atoms with E-state index >= 15 is 0 Å². The molecule has 2 aliphatic carbocycles. The van der Waals surface area contributed by atoms with Crippen molar-refractivity contribution in [3.63, 3.8) is 0 Å². The van der Waals surface area contributed by atoms with Crippen molar-refractivity contribution >= 4 is 17.5 Å². The number of imide groups is 1. The molecule has 4 nitrogen and oxygen atoms in total. The lowest BCUT2D eigenvalue weighted by molar-refractivity contribution is -0.320. The number of carbonyl (C=O) groups is 2. The fourth-order valence-corrected chi connectivity index (χ4v) is 6.30. The third-order valence-electron chi connectivity index (χ3n) is 7.59. The number of amides is 2. The van der Waals surface area contributed by atoms with Crippen molar-refractivity contribution in [2.75, 3.05) is 4.90 Å². The molecule has 0 aromatic heterocycles. The molecule has 1 unspecified atom stereocenters. The Labute approximate surface area is 170 Å². The van der Waals surface area contributed by atoms with E-state index in [4.69, 9.17) is 4.74 Å². The van der Waals surface area contributed by atoms with Gasteiger partial charge < -0.3 is 4.74 Å². The zero-order valence-electron chi connectivity index (χ0n) is 16.5. The molecule has 3 aliphatic heterocycles. The normalized spacial score (nSPS) is 33.0. The SMILES string of the molecule is O=C1N(c2cccc3c2CCCC3)C(=O)[C@@]2(c3ccccc3)OC13CCCC[C@@H]32. The van der Waals surface area contributed by atoms with Gasteiger partial charge in [0.05, 0.1) is 5.69 Å². The van der Waals surface area contributed by atoms with Crippen LogP contribution in [0.15, 0.2) is 48.5 Å². The molecule has 0 N–H and O–H groups in total. The molecule has 3 atom stereocenters. The number of hydrogen-bond acceptors (Lipinski definition) is 3. The second kappa shape index (κ2) is 6.02. The Hall–Kier alpha value is -2.46. The number of nitrogens with zero attached hydrogens (tertiary/aromatic N) is 1. The van der Waals surface area contributed by atoms with Crippen LogP contribution >= 0.6 is 0 Å². The van der Waals surface area contributed by atoms with Crippen molar-refractivity contribution < 1.29 is 14.3 Å². The second-order valence-corrected chi connectivity index (χ2v) is 8.96. The fourth-order valence-electron chi connectivity index (χ4n) is 6.30. The van der Waals surface area contributed by atoms with E-state index < -0.39 is 11.2 Å². The van der Waals surface area contributed by atoms with E-state index in [0.29, 0.717) is 6.42 Å². The van der Waals surface area contributed by atoms with Gasteiger partial charge in [-0.2, -0.15) is 0 Å². The summed E-state index contributed by atoms with van der Waals surface area (Å²) in [6.45, 7) is 0. The summed E-state index contributed by atoms with van der Waals surface area (Å²) in [6, 6.07) is 15.9. The van der Waals surface area contributed by atoms with Crippen molar-refractivity contribution in [1.82, 2.24) is 0 Å². The number of rotatable bonds is 2. The molecule has 1 spiro atoms. The van der Waals surface area contributed by atoms with E-state index in [1.165, 1.54) is 22.4 Å². The first-order valence-corrected chi connectivity index (χ1v) is 10.9. The minimum absolute atomic E-state index is 0.0538. The summed E-state index contributed by atoms with van der Waals surface area (Å²) in [6.07, 6.45) is 7.83. The first-order valence-electron chi connectivity index (χ1n) is 10.9. The predicted octanol–water partition coefficient (Wildman–Crippen LogP) is 4.29. The van der Waals surface area contributed by atoms with Crippen LogP contribution in [0.5, 0.6) is 0 Å². The smallest absolute Gasteiger partial charge is 0.271 e. The predicted molar refractivity (Wildman–Crippen MR) is 109 cm³/mol. The summed E-state index contributed by atoms with van der Waals surface area (Å²) in [5.41, 5.74) is 2.28. The lowest BCUT2D eigenvalue weighted by atomic mass is 9.55. The van der Waals surface area contributed by atoms with Crippen LogP contribution < -0.4 is 4.90 Å². The Morgan fingerprint density at radius 1 is 0.862 bits per heavy atom. The molecule has 1 saturated carbocycles. The van der Waals surface area contributed by atoms with Crippen LogP contribution in [0.4, 0.5) is 5.69 Å². The lowest BCUT2D eigenvalue weighted by Crippen LogP contribution is -2.83. The Bertz CT molecular complexity index is 1020. The van der Waals surface area contributed by atoms with Crippen molar-refractivity contribution in [2.24, 2.45) is 5.92 Å². The number of aryl methyl sites for hydroxylation is 1. The third kappa shape index (κ3) is 2.08. The number of hydrogen-bond donors (Lipinski definition) is 0. The first-order chi connectivity index (χ1) is 14.2. The average Bonchev–Trinajstić information content (AvgIpc) is 2.75. The van der Waals surface area contributed by atoms with Crippen molar-refractivity contribution in [3.8, 4) is 0 Å². The summed E-state index contributed by atoms with van der Waals surface area (Å²) < 4.78 is 6.42. The Balaban J connectivity index is 1.53. The molecular formula is C25H25NO3. The molecule has 148 valence electrons. The van der Waals surface area contributed by atoms with Gasteiger partial charge in [-0.25, -0.2) is 4.90 Å². The maximum Gasteiger partial charge on any atom is 0.271 e. The standard InChI is InChI=1S/C25H25NO3/c27-22-24-16-7-6-15-21(24)25(29-24,18-11-2-1-3-12-18)23(28)26(22)20-14-8-10-17-9-4-5-13-19(17)20/h1-3,8,10-12,14,21H,4-7,9,13,15-16H2/t21-,24?,25-/m0/s1. The number of ether oxygens (including phenoxy) is 1. The van der Waals surface area contributed by atoms with Crippen molar-refractivity contribution in [1.29, 1.82) is 0 Å². The molecular weight excluding hydrogens is 362 g/mol. The highest BCUT2D eigenvalue weighted by Gasteiger charge is 2.78. The van der Waals surface area contributed by atoms with Crippen LogP contribution in [-0.4, -0.2) is 17.4 Å². The zero-order valence-corrected chi connectivity index (χ0v) is 16.5. The van der Waals surface area contributed by atoms with Crippen LogP contribution in [0.25, 0.3) is 0 Å². The van der Waals surface area contributed by atoms with Gasteiger partial charge in [0.2, 0.25) is 0 Å². The molecule has 0 radical (unpaired) electrons. The van der Waals surface area contributed by atoms with Crippen LogP contribution in [0.3, 0.4) is 0 Å². The van der Waals surface area contributed by atoms with Gasteiger partial charge in [-0.1, -0.05) is 55.3 Å². The van der Waals surface area contributed by atoms with Crippen LogP contribution in [0.1, 0.15) is 55.2 Å². The number of benzene rings is 2. The summed E-state index contributed by atoms with van der Waals surface area (Å²) >= 11 is 0. The number of morpholine rings is 1. The lowest BCUT2D eigenvalue weighted by Gasteiger charge is -2.67. The summed E-state index contributed by atoms with van der Waals surface area (Å²) in [7, 11) is 0. The molecule has 2 bridgehead atoms. The molecule has 2 aromatic rings. The molecule has 4 heteroatoms. The Morgan fingerprint density at radius 2 is 1.69 bits per heavy atom. The number of piperidine rings is 1. The van der Waals surface area contributed by atoms with E-state index in [9.17, 15) is 9.59 Å².